The van der Waals surface area contributed by atoms with Crippen LogP contribution in [-0.4, -0.2) is 20.3 Å². The van der Waals surface area contributed by atoms with Gasteiger partial charge in [-0.15, -0.1) is 0 Å². The van der Waals surface area contributed by atoms with Gasteiger partial charge in [-0.25, -0.2) is 9.48 Å². The van der Waals surface area contributed by atoms with Crippen LogP contribution in [0.25, 0.3) is 11.1 Å². The second kappa shape index (κ2) is 7.55. The van der Waals surface area contributed by atoms with E-state index < -0.39 is 17.2 Å². The molecule has 0 fully saturated rings. The van der Waals surface area contributed by atoms with Crippen molar-refractivity contribution in [1.29, 1.82) is 0 Å². The van der Waals surface area contributed by atoms with Gasteiger partial charge in [-0.1, -0.05) is 40.2 Å². The minimum absolute atomic E-state index is 0.340. The summed E-state index contributed by atoms with van der Waals surface area (Å²) in [5, 5.41) is 6.56. The van der Waals surface area contributed by atoms with Gasteiger partial charge >= 0.3 is 5.69 Å². The quantitative estimate of drug-likeness (QED) is 0.675. The molecule has 0 saturated carbocycles. The highest BCUT2D eigenvalue weighted by molar-refractivity contribution is 9.10. The van der Waals surface area contributed by atoms with Crippen molar-refractivity contribution < 1.29 is 4.79 Å². The zero-order chi connectivity index (χ0) is 20.6. The van der Waals surface area contributed by atoms with Crippen LogP contribution in [0.15, 0.2) is 50.5 Å². The Morgan fingerprint density at radius 3 is 2.29 bits per heavy atom. The van der Waals surface area contributed by atoms with Crippen molar-refractivity contribution in [2.75, 3.05) is 5.32 Å². The monoisotopic (exact) mass is 442 g/mol. The summed E-state index contributed by atoms with van der Waals surface area (Å²) in [6.07, 6.45) is 0. The van der Waals surface area contributed by atoms with E-state index in [1.165, 1.54) is 14.1 Å². The first-order valence-corrected chi connectivity index (χ1v) is 9.32. The molecule has 0 saturated heterocycles. The molecule has 1 N–H and O–H groups in total. The van der Waals surface area contributed by atoms with Gasteiger partial charge in [0.05, 0.1) is 0 Å². The molecule has 0 spiro atoms. The first-order valence-electron chi connectivity index (χ1n) is 8.53. The molecular weight excluding hydrogens is 424 g/mol. The lowest BCUT2D eigenvalue weighted by atomic mass is 9.95. The fraction of sp³-hybridized carbons (Fsp3) is 0.200. The van der Waals surface area contributed by atoms with E-state index in [0.29, 0.717) is 5.69 Å². The molecule has 0 bridgehead atoms. The van der Waals surface area contributed by atoms with Crippen molar-refractivity contribution in [3.8, 4) is 11.1 Å². The van der Waals surface area contributed by atoms with Crippen LogP contribution in [0, 0.1) is 13.8 Å². The van der Waals surface area contributed by atoms with Crippen LogP contribution in [0.3, 0.4) is 0 Å². The number of benzene rings is 2. The van der Waals surface area contributed by atoms with Gasteiger partial charge in [-0.3, -0.25) is 14.2 Å². The Hall–Kier alpha value is -3.00. The molecule has 0 aliphatic heterocycles. The number of nitrogens with one attached hydrogen (secondary N) is 1. The summed E-state index contributed by atoms with van der Waals surface area (Å²) in [6, 6.07) is 11.5. The molecule has 3 aromatic rings. The molecule has 144 valence electrons. The lowest BCUT2D eigenvalue weighted by molar-refractivity contribution is 0.101. The van der Waals surface area contributed by atoms with Gasteiger partial charge in [0.15, 0.2) is 0 Å². The van der Waals surface area contributed by atoms with Gasteiger partial charge in [0.2, 0.25) is 5.69 Å². The van der Waals surface area contributed by atoms with Crippen LogP contribution in [0.1, 0.15) is 21.6 Å². The van der Waals surface area contributed by atoms with E-state index in [1.807, 2.05) is 44.2 Å². The van der Waals surface area contributed by atoms with E-state index in [-0.39, 0.29) is 5.69 Å². The minimum atomic E-state index is -0.739. The van der Waals surface area contributed by atoms with Crippen LogP contribution < -0.4 is 16.6 Å². The molecule has 0 aliphatic carbocycles. The Morgan fingerprint density at radius 2 is 1.61 bits per heavy atom. The van der Waals surface area contributed by atoms with Crippen molar-refractivity contribution in [3.05, 3.63) is 78.5 Å². The van der Waals surface area contributed by atoms with Crippen LogP contribution in [0.2, 0.25) is 0 Å². The number of carbonyl (C=O) groups excluding carboxylic acids is 1. The average Bonchev–Trinajstić information content (AvgIpc) is 2.67. The first-order chi connectivity index (χ1) is 13.2. The maximum atomic E-state index is 12.7. The number of hydrogen-bond acceptors (Lipinski definition) is 4. The van der Waals surface area contributed by atoms with Crippen LogP contribution >= 0.6 is 15.9 Å². The molecule has 7 nitrogen and oxygen atoms in total. The van der Waals surface area contributed by atoms with Crippen LogP contribution in [0.5, 0.6) is 0 Å². The Morgan fingerprint density at radius 1 is 1.00 bits per heavy atom. The number of carbonyl (C=O) groups is 1. The van der Waals surface area contributed by atoms with Gasteiger partial charge in [0.1, 0.15) is 0 Å². The number of anilines is 1. The fourth-order valence-corrected chi connectivity index (χ4v) is 3.35. The molecule has 1 amide bonds. The Bertz CT molecular complexity index is 1210. The van der Waals surface area contributed by atoms with Crippen molar-refractivity contribution in [3.63, 3.8) is 0 Å². The van der Waals surface area contributed by atoms with Gasteiger partial charge in [-0.05, 0) is 48.2 Å². The summed E-state index contributed by atoms with van der Waals surface area (Å²) in [6.45, 7) is 3.92. The summed E-state index contributed by atoms with van der Waals surface area (Å²) in [4.78, 5) is 36.7. The van der Waals surface area contributed by atoms with E-state index in [4.69, 9.17) is 0 Å². The predicted octanol–water partition coefficient (Wildman–Crippen LogP) is 2.78. The van der Waals surface area contributed by atoms with Gasteiger partial charge < -0.3 is 5.32 Å². The number of hydrogen-bond donors (Lipinski definition) is 1. The summed E-state index contributed by atoms with van der Waals surface area (Å²) >= 11 is 3.54. The number of halogens is 1. The number of aromatic nitrogens is 3. The highest BCUT2D eigenvalue weighted by atomic mass is 79.9. The summed E-state index contributed by atoms with van der Waals surface area (Å²) < 4.78 is 2.82. The molecule has 0 aliphatic rings. The first kappa shape index (κ1) is 19.8. The standard InChI is InChI=1S/C20H19BrN4O3/c1-11-13(7-5-9-15(11)21)14-8-6-10-16(12(14)2)22-18(26)17-19(27)24(3)20(28)25(4)23-17/h5-10H,1-4H3,(H,22,26). The summed E-state index contributed by atoms with van der Waals surface area (Å²) in [5.41, 5.74) is 2.85. The smallest absolute Gasteiger partial charge is 0.320 e. The Balaban J connectivity index is 2.03. The highest BCUT2D eigenvalue weighted by Crippen LogP contribution is 2.33. The number of aryl methyl sites for hydroxylation is 1. The zero-order valence-electron chi connectivity index (χ0n) is 15.9. The SMILES string of the molecule is Cc1c(Br)cccc1-c1cccc(NC(=O)c2nn(C)c(=O)n(C)c2=O)c1C. The van der Waals surface area contributed by atoms with E-state index >= 15 is 0 Å². The molecule has 0 atom stereocenters. The highest BCUT2D eigenvalue weighted by Gasteiger charge is 2.18. The molecule has 1 aromatic heterocycles. The van der Waals surface area contributed by atoms with Gasteiger partial charge in [0, 0.05) is 24.3 Å². The Labute approximate surface area is 169 Å². The van der Waals surface area contributed by atoms with Crippen molar-refractivity contribution in [2.24, 2.45) is 14.1 Å². The number of amides is 1. The largest absolute Gasteiger partial charge is 0.346 e. The summed E-state index contributed by atoms with van der Waals surface area (Å²) in [7, 11) is 2.70. The van der Waals surface area contributed by atoms with E-state index in [0.717, 1.165) is 36.0 Å². The van der Waals surface area contributed by atoms with Crippen LogP contribution in [-0.2, 0) is 14.1 Å². The maximum Gasteiger partial charge on any atom is 0.346 e. The molecule has 1 heterocycles. The van der Waals surface area contributed by atoms with Crippen molar-refractivity contribution in [2.45, 2.75) is 13.8 Å². The second-order valence-electron chi connectivity index (χ2n) is 6.46. The normalized spacial score (nSPS) is 10.8. The molecule has 28 heavy (non-hydrogen) atoms. The third-order valence-corrected chi connectivity index (χ3v) is 5.53. The minimum Gasteiger partial charge on any atom is -0.320 e. The zero-order valence-corrected chi connectivity index (χ0v) is 17.5. The summed E-state index contributed by atoms with van der Waals surface area (Å²) in [5.74, 6) is -0.664. The molecular formula is C20H19BrN4O3. The second-order valence-corrected chi connectivity index (χ2v) is 7.32. The van der Waals surface area contributed by atoms with Crippen molar-refractivity contribution in [1.82, 2.24) is 14.3 Å². The van der Waals surface area contributed by atoms with Gasteiger partial charge in [0.25, 0.3) is 11.5 Å². The third-order valence-electron chi connectivity index (χ3n) is 4.68. The number of nitrogens with zero attached hydrogens (tertiary/aromatic N) is 3. The topological polar surface area (TPSA) is 86.0 Å². The lowest BCUT2D eigenvalue weighted by Crippen LogP contribution is -2.43. The maximum absolute atomic E-state index is 12.7. The molecule has 0 unspecified atom stereocenters. The van der Waals surface area contributed by atoms with Crippen molar-refractivity contribution >= 4 is 27.5 Å². The molecule has 0 radical (unpaired) electrons. The van der Waals surface area contributed by atoms with E-state index in [1.54, 1.807) is 6.07 Å². The predicted molar refractivity (Wildman–Crippen MR) is 112 cm³/mol. The number of rotatable bonds is 3. The molecule has 8 heteroatoms. The molecule has 3 rings (SSSR count). The third kappa shape index (κ3) is 3.43. The Kier molecular flexibility index (Phi) is 5.33. The fourth-order valence-electron chi connectivity index (χ4n) is 2.98. The van der Waals surface area contributed by atoms with E-state index in [2.05, 4.69) is 26.3 Å². The lowest BCUT2D eigenvalue weighted by Gasteiger charge is -2.15. The average molecular weight is 443 g/mol. The van der Waals surface area contributed by atoms with Gasteiger partial charge in [-0.2, -0.15) is 5.10 Å². The van der Waals surface area contributed by atoms with Crippen LogP contribution in [0.4, 0.5) is 5.69 Å². The van der Waals surface area contributed by atoms with E-state index in [9.17, 15) is 14.4 Å². The molecule has 2 aromatic carbocycles.